The summed E-state index contributed by atoms with van der Waals surface area (Å²) < 4.78 is 25.8. The second kappa shape index (κ2) is 6.83. The Labute approximate surface area is 164 Å². The van der Waals surface area contributed by atoms with Gasteiger partial charge in [-0.3, -0.25) is 0 Å². The predicted molar refractivity (Wildman–Crippen MR) is 110 cm³/mol. The molecular weight excluding hydrogens is 372 g/mol. The van der Waals surface area contributed by atoms with E-state index in [1.54, 1.807) is 10.6 Å². The summed E-state index contributed by atoms with van der Waals surface area (Å²) in [5, 5.41) is 4.50. The van der Waals surface area contributed by atoms with Crippen molar-refractivity contribution in [3.63, 3.8) is 0 Å². The number of rotatable bonds is 5. The lowest BCUT2D eigenvalue weighted by atomic mass is 10.0. The van der Waals surface area contributed by atoms with Gasteiger partial charge < -0.3 is 5.32 Å². The van der Waals surface area contributed by atoms with Gasteiger partial charge in [0, 0.05) is 24.5 Å². The van der Waals surface area contributed by atoms with Crippen molar-refractivity contribution in [1.82, 2.24) is 14.3 Å². The summed E-state index contributed by atoms with van der Waals surface area (Å²) in [5.41, 5.74) is 4.06. The van der Waals surface area contributed by atoms with Gasteiger partial charge in [0.15, 0.2) is 0 Å². The average molecular weight is 395 g/mol. The number of anilines is 1. The highest BCUT2D eigenvalue weighted by atomic mass is 32.2. The van der Waals surface area contributed by atoms with E-state index >= 15 is 0 Å². The fourth-order valence-corrected chi connectivity index (χ4v) is 5.20. The van der Waals surface area contributed by atoms with Gasteiger partial charge in [-0.1, -0.05) is 24.3 Å². The van der Waals surface area contributed by atoms with Gasteiger partial charge in [0.1, 0.15) is 12.1 Å². The quantitative estimate of drug-likeness (QED) is 0.718. The van der Waals surface area contributed by atoms with Crippen LogP contribution >= 0.6 is 0 Å². The van der Waals surface area contributed by atoms with E-state index in [0.717, 1.165) is 33.4 Å². The van der Waals surface area contributed by atoms with E-state index in [2.05, 4.69) is 39.6 Å². The zero-order valence-corrected chi connectivity index (χ0v) is 16.3. The summed E-state index contributed by atoms with van der Waals surface area (Å²) in [4.78, 5) is 8.81. The molecule has 1 N–H and O–H groups in total. The lowest BCUT2D eigenvalue weighted by molar-refractivity contribution is 0.440. The molecule has 28 heavy (non-hydrogen) atoms. The zero-order valence-electron chi connectivity index (χ0n) is 15.5. The molecule has 0 spiro atoms. The summed E-state index contributed by atoms with van der Waals surface area (Å²) in [6.45, 7) is 1.04. The Morgan fingerprint density at radius 1 is 1.07 bits per heavy atom. The van der Waals surface area contributed by atoms with Crippen molar-refractivity contribution < 1.29 is 8.42 Å². The summed E-state index contributed by atoms with van der Waals surface area (Å²) in [6, 6.07) is 14.8. The number of nitrogens with one attached hydrogen (secondary N) is 1. The van der Waals surface area contributed by atoms with Crippen LogP contribution in [0.5, 0.6) is 0 Å². The predicted octanol–water partition coefficient (Wildman–Crippen LogP) is 3.41. The molecule has 1 aliphatic carbocycles. The molecule has 0 radical (unpaired) electrons. The molecule has 1 aromatic heterocycles. The Morgan fingerprint density at radius 2 is 1.93 bits per heavy atom. The summed E-state index contributed by atoms with van der Waals surface area (Å²) in [7, 11) is -3.09. The molecule has 144 valence electrons. The minimum absolute atomic E-state index is 0.258. The van der Waals surface area contributed by atoms with E-state index in [1.165, 1.54) is 12.8 Å². The Morgan fingerprint density at radius 3 is 2.71 bits per heavy atom. The number of sulfonamides is 1. The van der Waals surface area contributed by atoms with Crippen LogP contribution in [0.3, 0.4) is 0 Å². The van der Waals surface area contributed by atoms with Crippen LogP contribution in [-0.4, -0.2) is 41.0 Å². The molecule has 1 aliphatic heterocycles. The molecule has 0 atom stereocenters. The van der Waals surface area contributed by atoms with E-state index in [-0.39, 0.29) is 5.75 Å². The second-order valence-electron chi connectivity index (χ2n) is 7.58. The molecule has 2 aromatic carbocycles. The van der Waals surface area contributed by atoms with Crippen LogP contribution in [0.1, 0.15) is 24.8 Å². The number of aromatic nitrogens is 2. The minimum Gasteiger partial charge on any atom is -0.367 e. The molecule has 7 heteroatoms. The number of nitrogens with zero attached hydrogens (tertiary/aromatic N) is 3. The van der Waals surface area contributed by atoms with Crippen molar-refractivity contribution in [2.75, 3.05) is 17.6 Å². The molecule has 1 saturated heterocycles. The first-order valence-corrected chi connectivity index (χ1v) is 11.3. The zero-order chi connectivity index (χ0) is 19.1. The second-order valence-corrected chi connectivity index (χ2v) is 9.66. The molecular formula is C21H22N4O2S. The van der Waals surface area contributed by atoms with Gasteiger partial charge in [-0.2, -0.15) is 4.31 Å². The molecule has 2 fully saturated rings. The first kappa shape index (κ1) is 17.6. The van der Waals surface area contributed by atoms with Crippen LogP contribution in [0.15, 0.2) is 48.8 Å². The van der Waals surface area contributed by atoms with Crippen LogP contribution < -0.4 is 5.32 Å². The van der Waals surface area contributed by atoms with Gasteiger partial charge >= 0.3 is 0 Å². The summed E-state index contributed by atoms with van der Waals surface area (Å²) in [6.07, 6.45) is 4.69. The largest absolute Gasteiger partial charge is 0.367 e. The minimum atomic E-state index is -3.09. The standard InChI is InChI=1S/C21H22N4O2S/c26-28(27)10-2-9-25(28)13-15-3-1-4-16(11-15)17-5-8-20-19(12-17)21(23-14-22-20)24-18-6-7-18/h1,3-5,8,11-12,14,18H,2,6-7,9-10,13H2,(H,22,23,24). The highest BCUT2D eigenvalue weighted by Crippen LogP contribution is 2.31. The molecule has 0 bridgehead atoms. The molecule has 2 aliphatic rings. The van der Waals surface area contributed by atoms with Gasteiger partial charge in [-0.05, 0) is 54.2 Å². The maximum atomic E-state index is 12.1. The van der Waals surface area contributed by atoms with Crippen molar-refractivity contribution in [3.8, 4) is 11.1 Å². The third-order valence-corrected chi connectivity index (χ3v) is 7.28. The van der Waals surface area contributed by atoms with Crippen LogP contribution in [0, 0.1) is 0 Å². The third kappa shape index (κ3) is 3.47. The molecule has 5 rings (SSSR count). The number of fused-ring (bicyclic) bond motifs is 1. The topological polar surface area (TPSA) is 75.2 Å². The van der Waals surface area contributed by atoms with E-state index in [0.29, 0.717) is 25.6 Å². The normalized spacial score (nSPS) is 19.1. The molecule has 2 heterocycles. The Bertz CT molecular complexity index is 1140. The molecule has 0 unspecified atom stereocenters. The lowest BCUT2D eigenvalue weighted by Gasteiger charge is -2.15. The van der Waals surface area contributed by atoms with Gasteiger partial charge in [0.05, 0.1) is 11.3 Å². The Kier molecular flexibility index (Phi) is 4.29. The highest BCUT2D eigenvalue weighted by Gasteiger charge is 2.28. The monoisotopic (exact) mass is 394 g/mol. The number of hydrogen-bond acceptors (Lipinski definition) is 5. The summed E-state index contributed by atoms with van der Waals surface area (Å²) >= 11 is 0. The van der Waals surface area contributed by atoms with E-state index in [4.69, 9.17) is 0 Å². The highest BCUT2D eigenvalue weighted by molar-refractivity contribution is 7.89. The first-order chi connectivity index (χ1) is 13.6. The van der Waals surface area contributed by atoms with E-state index < -0.39 is 10.0 Å². The van der Waals surface area contributed by atoms with Crippen molar-refractivity contribution >= 4 is 26.7 Å². The van der Waals surface area contributed by atoms with Crippen molar-refractivity contribution in [2.45, 2.75) is 31.8 Å². The molecule has 0 amide bonds. The summed E-state index contributed by atoms with van der Waals surface area (Å²) in [5.74, 6) is 1.14. The van der Waals surface area contributed by atoms with Gasteiger partial charge in [-0.25, -0.2) is 18.4 Å². The van der Waals surface area contributed by atoms with Crippen molar-refractivity contribution in [1.29, 1.82) is 0 Å². The van der Waals surface area contributed by atoms with Gasteiger partial charge in [0.25, 0.3) is 0 Å². The van der Waals surface area contributed by atoms with Crippen LogP contribution in [-0.2, 0) is 16.6 Å². The van der Waals surface area contributed by atoms with E-state index in [1.807, 2.05) is 18.2 Å². The molecule has 3 aromatic rings. The molecule has 6 nitrogen and oxygen atoms in total. The Hall–Kier alpha value is -2.51. The maximum absolute atomic E-state index is 12.1. The third-order valence-electron chi connectivity index (χ3n) is 5.38. The number of benzene rings is 2. The fourth-order valence-electron chi connectivity index (χ4n) is 3.69. The van der Waals surface area contributed by atoms with Crippen LogP contribution in [0.4, 0.5) is 5.82 Å². The van der Waals surface area contributed by atoms with Crippen LogP contribution in [0.25, 0.3) is 22.0 Å². The van der Waals surface area contributed by atoms with Crippen molar-refractivity contribution in [2.24, 2.45) is 0 Å². The maximum Gasteiger partial charge on any atom is 0.214 e. The van der Waals surface area contributed by atoms with Crippen molar-refractivity contribution in [3.05, 3.63) is 54.4 Å². The Balaban J connectivity index is 1.48. The SMILES string of the molecule is O=S1(=O)CCCN1Cc1cccc(-c2ccc3ncnc(NC4CC4)c3c2)c1. The van der Waals surface area contributed by atoms with Crippen LogP contribution in [0.2, 0.25) is 0 Å². The average Bonchev–Trinajstić information content (AvgIpc) is 3.45. The van der Waals surface area contributed by atoms with Gasteiger partial charge in [-0.15, -0.1) is 0 Å². The smallest absolute Gasteiger partial charge is 0.214 e. The van der Waals surface area contributed by atoms with E-state index in [9.17, 15) is 8.42 Å². The lowest BCUT2D eigenvalue weighted by Crippen LogP contribution is -2.25. The van der Waals surface area contributed by atoms with Gasteiger partial charge in [0.2, 0.25) is 10.0 Å². The first-order valence-electron chi connectivity index (χ1n) is 9.67. The molecule has 1 saturated carbocycles. The fraction of sp³-hybridized carbons (Fsp3) is 0.333. The number of hydrogen-bond donors (Lipinski definition) is 1.